The van der Waals surface area contributed by atoms with Crippen LogP contribution >= 0.6 is 0 Å². The van der Waals surface area contributed by atoms with Crippen LogP contribution in [0.2, 0.25) is 0 Å². The number of nitrogens with zero attached hydrogens (tertiary/aromatic N) is 1. The van der Waals surface area contributed by atoms with Gasteiger partial charge in [0.1, 0.15) is 0 Å². The Morgan fingerprint density at radius 2 is 1.81 bits per heavy atom. The van der Waals surface area contributed by atoms with E-state index >= 15 is 0 Å². The third-order valence-electron chi connectivity index (χ3n) is 4.14. The number of imide groups is 1. The average Bonchev–Trinajstić information content (AvgIpc) is 2.95. The summed E-state index contributed by atoms with van der Waals surface area (Å²) in [6, 6.07) is 9.52. The Balaban J connectivity index is 2.33. The van der Waals surface area contributed by atoms with Gasteiger partial charge in [0.05, 0.1) is 23.3 Å². The van der Waals surface area contributed by atoms with Crippen molar-refractivity contribution < 1.29 is 14.7 Å². The third-order valence-corrected chi connectivity index (χ3v) is 4.14. The van der Waals surface area contributed by atoms with E-state index in [2.05, 4.69) is 5.32 Å². The van der Waals surface area contributed by atoms with E-state index in [1.54, 1.807) is 6.07 Å². The molecule has 3 aromatic rings. The molecule has 1 aromatic heterocycles. The molecule has 2 N–H and O–H groups in total. The molecule has 104 valence electrons. The number of hydrogen-bond donors (Lipinski definition) is 2. The molecule has 0 spiro atoms. The van der Waals surface area contributed by atoms with Crippen molar-refractivity contribution in [2.45, 2.75) is 6.61 Å². The van der Waals surface area contributed by atoms with Gasteiger partial charge < -0.3 is 9.67 Å². The highest BCUT2D eigenvalue weighted by Gasteiger charge is 2.33. The van der Waals surface area contributed by atoms with Crippen LogP contribution in [0.3, 0.4) is 0 Å². The van der Waals surface area contributed by atoms with Crippen molar-refractivity contribution in [1.82, 2.24) is 9.88 Å². The van der Waals surface area contributed by atoms with Gasteiger partial charge in [-0.1, -0.05) is 18.2 Å². The fourth-order valence-electron chi connectivity index (χ4n) is 3.21. The van der Waals surface area contributed by atoms with Crippen molar-refractivity contribution in [1.29, 1.82) is 0 Å². The number of hydrogen-bond acceptors (Lipinski definition) is 3. The molecule has 21 heavy (non-hydrogen) atoms. The van der Waals surface area contributed by atoms with Gasteiger partial charge in [-0.15, -0.1) is 0 Å². The first-order chi connectivity index (χ1) is 10.1. The number of benzene rings is 2. The molecule has 0 saturated carbocycles. The number of aryl methyl sites for hydroxylation is 1. The molecule has 0 aliphatic carbocycles. The summed E-state index contributed by atoms with van der Waals surface area (Å²) in [5.74, 6) is -0.833. The minimum Gasteiger partial charge on any atom is -0.392 e. The van der Waals surface area contributed by atoms with Crippen LogP contribution in [0.5, 0.6) is 0 Å². The van der Waals surface area contributed by atoms with Crippen molar-refractivity contribution in [3.05, 3.63) is 47.0 Å². The van der Waals surface area contributed by atoms with Crippen LogP contribution in [-0.2, 0) is 13.7 Å². The normalized spacial score (nSPS) is 14.0. The number of aromatic nitrogens is 1. The maximum atomic E-state index is 12.2. The first kappa shape index (κ1) is 12.1. The van der Waals surface area contributed by atoms with Gasteiger partial charge in [0.25, 0.3) is 11.8 Å². The van der Waals surface area contributed by atoms with Crippen LogP contribution in [0.1, 0.15) is 26.3 Å². The monoisotopic (exact) mass is 280 g/mol. The number of carbonyl (C=O) groups is 2. The van der Waals surface area contributed by atoms with E-state index in [0.717, 1.165) is 21.8 Å². The molecular formula is C16H12N2O3. The Hall–Kier alpha value is -2.66. The zero-order valence-corrected chi connectivity index (χ0v) is 11.3. The summed E-state index contributed by atoms with van der Waals surface area (Å²) < 4.78 is 1.97. The minimum absolute atomic E-state index is 0.277. The second-order valence-corrected chi connectivity index (χ2v) is 5.20. The highest BCUT2D eigenvalue weighted by Crippen LogP contribution is 2.36. The van der Waals surface area contributed by atoms with E-state index in [4.69, 9.17) is 0 Å². The van der Waals surface area contributed by atoms with Crippen molar-refractivity contribution in [3.63, 3.8) is 0 Å². The van der Waals surface area contributed by atoms with Gasteiger partial charge in [-0.3, -0.25) is 14.9 Å². The highest BCUT2D eigenvalue weighted by molar-refractivity contribution is 6.30. The number of nitrogens with one attached hydrogen (secondary N) is 1. The molecule has 0 bridgehead atoms. The average molecular weight is 280 g/mol. The summed E-state index contributed by atoms with van der Waals surface area (Å²) in [4.78, 5) is 24.2. The summed E-state index contributed by atoms with van der Waals surface area (Å²) in [5.41, 5.74) is 2.97. The number of rotatable bonds is 1. The lowest BCUT2D eigenvalue weighted by atomic mass is 9.97. The molecular weight excluding hydrogens is 268 g/mol. The summed E-state index contributed by atoms with van der Waals surface area (Å²) in [5, 5.41) is 13.6. The van der Waals surface area contributed by atoms with Crippen molar-refractivity contribution in [3.8, 4) is 0 Å². The van der Waals surface area contributed by atoms with E-state index in [1.165, 1.54) is 0 Å². The number of fused-ring (bicyclic) bond motifs is 5. The molecule has 0 fully saturated rings. The molecule has 2 heterocycles. The summed E-state index contributed by atoms with van der Waals surface area (Å²) in [6.07, 6.45) is 0. The van der Waals surface area contributed by atoms with Gasteiger partial charge >= 0.3 is 0 Å². The number of aliphatic hydroxyl groups is 1. The van der Waals surface area contributed by atoms with E-state index in [9.17, 15) is 14.7 Å². The van der Waals surface area contributed by atoms with Crippen LogP contribution in [0, 0.1) is 0 Å². The lowest BCUT2D eigenvalue weighted by molar-refractivity contribution is 0.0879. The maximum Gasteiger partial charge on any atom is 0.259 e. The number of aliphatic hydroxyl groups excluding tert-OH is 1. The van der Waals surface area contributed by atoms with E-state index in [1.807, 2.05) is 35.9 Å². The Morgan fingerprint density at radius 1 is 1.10 bits per heavy atom. The van der Waals surface area contributed by atoms with E-state index in [-0.39, 0.29) is 6.61 Å². The molecule has 0 atom stereocenters. The van der Waals surface area contributed by atoms with Crippen molar-refractivity contribution in [2.75, 3.05) is 0 Å². The second kappa shape index (κ2) is 3.93. The maximum absolute atomic E-state index is 12.2. The van der Waals surface area contributed by atoms with Crippen molar-refractivity contribution in [2.24, 2.45) is 7.05 Å². The van der Waals surface area contributed by atoms with Crippen LogP contribution in [0.25, 0.3) is 21.8 Å². The van der Waals surface area contributed by atoms with Gasteiger partial charge in [-0.2, -0.15) is 0 Å². The lowest BCUT2D eigenvalue weighted by Crippen LogP contribution is -2.20. The molecule has 5 heteroatoms. The standard InChI is InChI=1S/C16H12N2O3/c1-18-10-5-3-2-4-9(10)13-11(18)6-8(7-19)12-14(13)16(21)17-15(12)20/h2-6,19H,7H2,1H3,(H,17,20,21). The predicted octanol–water partition coefficient (Wildman–Crippen LogP) is 1.71. The Kier molecular flexibility index (Phi) is 2.26. The molecule has 5 nitrogen and oxygen atoms in total. The number of amides is 2. The molecule has 4 rings (SSSR count). The molecule has 0 radical (unpaired) electrons. The van der Waals surface area contributed by atoms with Crippen LogP contribution in [-0.4, -0.2) is 21.5 Å². The Labute approximate surface area is 119 Å². The summed E-state index contributed by atoms with van der Waals surface area (Å²) >= 11 is 0. The number of carbonyl (C=O) groups excluding carboxylic acids is 2. The lowest BCUT2D eigenvalue weighted by Gasteiger charge is -2.06. The van der Waals surface area contributed by atoms with Gasteiger partial charge in [0.15, 0.2) is 0 Å². The highest BCUT2D eigenvalue weighted by atomic mass is 16.3. The molecule has 1 aliphatic rings. The fourth-order valence-corrected chi connectivity index (χ4v) is 3.21. The molecule has 2 amide bonds. The quantitative estimate of drug-likeness (QED) is 0.667. The zero-order valence-electron chi connectivity index (χ0n) is 11.3. The molecule has 2 aromatic carbocycles. The van der Waals surface area contributed by atoms with Gasteiger partial charge in [0, 0.05) is 23.3 Å². The fraction of sp³-hybridized carbons (Fsp3) is 0.125. The largest absolute Gasteiger partial charge is 0.392 e. The van der Waals surface area contributed by atoms with E-state index < -0.39 is 11.8 Å². The van der Waals surface area contributed by atoms with Gasteiger partial charge in [0.2, 0.25) is 0 Å². The van der Waals surface area contributed by atoms with Crippen LogP contribution < -0.4 is 5.32 Å². The van der Waals surface area contributed by atoms with E-state index in [0.29, 0.717) is 16.7 Å². The molecule has 0 saturated heterocycles. The summed E-state index contributed by atoms with van der Waals surface area (Å²) in [6.45, 7) is -0.277. The van der Waals surface area contributed by atoms with Crippen LogP contribution in [0.4, 0.5) is 0 Å². The smallest absolute Gasteiger partial charge is 0.259 e. The SMILES string of the molecule is Cn1c2ccccc2c2c3c(c(CO)cc21)C(=O)NC3=O. The predicted molar refractivity (Wildman–Crippen MR) is 78.1 cm³/mol. The van der Waals surface area contributed by atoms with Gasteiger partial charge in [-0.05, 0) is 17.7 Å². The van der Waals surface area contributed by atoms with Gasteiger partial charge in [-0.25, -0.2) is 0 Å². The molecule has 0 unspecified atom stereocenters. The van der Waals surface area contributed by atoms with Crippen LogP contribution in [0.15, 0.2) is 30.3 Å². The third kappa shape index (κ3) is 1.38. The topological polar surface area (TPSA) is 71.3 Å². The first-order valence-electron chi connectivity index (χ1n) is 6.63. The zero-order chi connectivity index (χ0) is 14.7. The second-order valence-electron chi connectivity index (χ2n) is 5.20. The van der Waals surface area contributed by atoms with Crippen molar-refractivity contribution >= 4 is 33.6 Å². The number of para-hydroxylation sites is 1. The Morgan fingerprint density at radius 3 is 2.57 bits per heavy atom. The minimum atomic E-state index is -0.436. The Bertz CT molecular complexity index is 953. The summed E-state index contributed by atoms with van der Waals surface area (Å²) in [7, 11) is 1.91. The molecule has 1 aliphatic heterocycles. The first-order valence-corrected chi connectivity index (χ1v) is 6.63.